The third-order valence-electron chi connectivity index (χ3n) is 6.94. The third kappa shape index (κ3) is 8.03. The van der Waals surface area contributed by atoms with E-state index >= 15 is 0 Å². The maximum atomic E-state index is 12.9. The van der Waals surface area contributed by atoms with E-state index in [-0.39, 0.29) is 18.3 Å². The molecule has 1 aliphatic rings. The molecule has 1 aromatic rings. The number of benzene rings is 1. The molecule has 0 radical (unpaired) electrons. The van der Waals surface area contributed by atoms with Gasteiger partial charge in [0.25, 0.3) is 0 Å². The summed E-state index contributed by atoms with van der Waals surface area (Å²) >= 11 is 0. The minimum atomic E-state index is -2.16. The van der Waals surface area contributed by atoms with Crippen LogP contribution in [0.15, 0.2) is 30.3 Å². The molecule has 0 aliphatic carbocycles. The van der Waals surface area contributed by atoms with Gasteiger partial charge in [-0.2, -0.15) is 0 Å². The van der Waals surface area contributed by atoms with Gasteiger partial charge in [0, 0.05) is 0 Å². The van der Waals surface area contributed by atoms with E-state index < -0.39 is 55.7 Å². The Morgan fingerprint density at radius 3 is 2.17 bits per heavy atom. The second kappa shape index (κ2) is 11.2. The van der Waals surface area contributed by atoms with Gasteiger partial charge in [0.15, 0.2) is 8.32 Å². The molecule has 8 nitrogen and oxygen atoms in total. The number of carbonyl (C=O) groups excluding carboxylic acids is 1. The van der Waals surface area contributed by atoms with E-state index in [4.69, 9.17) is 18.6 Å². The molecule has 2 rings (SSSR count). The smallest absolute Gasteiger partial charge is 0.408 e. The first-order valence-electron chi connectivity index (χ1n) is 12.5. The highest BCUT2D eigenvalue weighted by Gasteiger charge is 2.55. The fraction of sp³-hybridized carbons (Fsp3) is 0.704. The lowest BCUT2D eigenvalue weighted by atomic mass is 9.78. The highest BCUT2D eigenvalue weighted by atomic mass is 28.4. The van der Waals surface area contributed by atoms with Crippen LogP contribution in [-0.4, -0.2) is 61.5 Å². The minimum absolute atomic E-state index is 0.0297. The molecule has 1 amide bonds. The number of alkyl carbamates (subject to hydrolysis) is 1. The summed E-state index contributed by atoms with van der Waals surface area (Å²) in [7, 11) is -2.16. The molecule has 1 aromatic carbocycles. The maximum absolute atomic E-state index is 12.9. The van der Waals surface area contributed by atoms with Crippen molar-refractivity contribution in [3.63, 3.8) is 0 Å². The molecule has 0 spiro atoms. The molecule has 0 aromatic heterocycles. The molecule has 4 atom stereocenters. The first-order valence-corrected chi connectivity index (χ1v) is 15.4. The van der Waals surface area contributed by atoms with Gasteiger partial charge < -0.3 is 29.1 Å². The molecule has 0 saturated carbocycles. The standard InChI is InChI=1S/C27H45NO7Si/c1-25(2,3)35-24(31)28-21-19(17-33-36(9,10)26(4,5)6)34-27(7,8)20(23(29)30)22(21)32-16-18-14-12-11-13-15-18/h11-15,19-22H,16-17H2,1-10H3,(H,28,31)(H,29,30)/t19-,20-,21+,22+/m1/s1. The summed E-state index contributed by atoms with van der Waals surface area (Å²) in [6, 6.07) is 8.72. The van der Waals surface area contributed by atoms with Crippen molar-refractivity contribution < 1.29 is 33.3 Å². The Kier molecular flexibility index (Phi) is 9.43. The zero-order valence-corrected chi connectivity index (χ0v) is 24.5. The van der Waals surface area contributed by atoms with E-state index in [1.54, 1.807) is 34.6 Å². The van der Waals surface area contributed by atoms with Gasteiger partial charge in [-0.3, -0.25) is 4.79 Å². The Labute approximate surface area is 217 Å². The number of ether oxygens (including phenoxy) is 3. The van der Waals surface area contributed by atoms with Gasteiger partial charge >= 0.3 is 12.1 Å². The second-order valence-electron chi connectivity index (χ2n) is 12.6. The van der Waals surface area contributed by atoms with Crippen molar-refractivity contribution in [2.24, 2.45) is 5.92 Å². The number of amides is 1. The Morgan fingerprint density at radius 1 is 1.08 bits per heavy atom. The predicted octanol–water partition coefficient (Wildman–Crippen LogP) is 5.37. The molecule has 1 fully saturated rings. The maximum Gasteiger partial charge on any atom is 0.408 e. The van der Waals surface area contributed by atoms with Crippen LogP contribution in [0.4, 0.5) is 4.79 Å². The lowest BCUT2D eigenvalue weighted by Gasteiger charge is -2.50. The number of carboxylic acid groups (broad SMARTS) is 1. The summed E-state index contributed by atoms with van der Waals surface area (Å²) in [6.07, 6.45) is -2.18. The zero-order chi connectivity index (χ0) is 27.5. The van der Waals surface area contributed by atoms with Crippen molar-refractivity contribution in [1.29, 1.82) is 0 Å². The van der Waals surface area contributed by atoms with Crippen molar-refractivity contribution in [3.8, 4) is 0 Å². The van der Waals surface area contributed by atoms with Crippen LogP contribution < -0.4 is 5.32 Å². The Morgan fingerprint density at radius 2 is 1.67 bits per heavy atom. The van der Waals surface area contributed by atoms with Crippen LogP contribution in [0.2, 0.25) is 18.1 Å². The number of hydrogen-bond acceptors (Lipinski definition) is 6. The Balaban J connectivity index is 2.43. The van der Waals surface area contributed by atoms with Crippen molar-refractivity contribution in [3.05, 3.63) is 35.9 Å². The molecule has 1 saturated heterocycles. The molecule has 0 bridgehead atoms. The van der Waals surface area contributed by atoms with Crippen molar-refractivity contribution >= 4 is 20.4 Å². The fourth-order valence-electron chi connectivity index (χ4n) is 4.02. The normalized spacial score (nSPS) is 24.7. The fourth-order valence-corrected chi connectivity index (χ4v) is 5.03. The molecule has 2 N–H and O–H groups in total. The number of hydrogen-bond donors (Lipinski definition) is 2. The summed E-state index contributed by atoms with van der Waals surface area (Å²) < 4.78 is 24.6. The average molecular weight is 524 g/mol. The Hall–Kier alpha value is -1.94. The first-order chi connectivity index (χ1) is 16.3. The molecule has 1 heterocycles. The lowest BCUT2D eigenvalue weighted by molar-refractivity contribution is -0.225. The van der Waals surface area contributed by atoms with Crippen LogP contribution in [-0.2, 0) is 30.0 Å². The van der Waals surface area contributed by atoms with Crippen molar-refractivity contribution in [1.82, 2.24) is 5.32 Å². The average Bonchev–Trinajstić information content (AvgIpc) is 2.70. The van der Waals surface area contributed by atoms with E-state index in [0.29, 0.717) is 0 Å². The number of carbonyl (C=O) groups is 2. The van der Waals surface area contributed by atoms with Gasteiger partial charge in [-0.1, -0.05) is 51.1 Å². The van der Waals surface area contributed by atoms with Gasteiger partial charge in [0.1, 0.15) is 17.6 Å². The van der Waals surface area contributed by atoms with Crippen molar-refractivity contribution in [2.45, 2.75) is 110 Å². The van der Waals surface area contributed by atoms with Crippen LogP contribution in [0.1, 0.15) is 61.0 Å². The topological polar surface area (TPSA) is 103 Å². The molecule has 0 unspecified atom stereocenters. The monoisotopic (exact) mass is 523 g/mol. The molecule has 9 heteroatoms. The van der Waals surface area contributed by atoms with Crippen LogP contribution in [0.5, 0.6) is 0 Å². The third-order valence-corrected chi connectivity index (χ3v) is 11.4. The molecular formula is C27H45NO7Si. The second-order valence-corrected chi connectivity index (χ2v) is 17.4. The number of nitrogens with one attached hydrogen (secondary N) is 1. The largest absolute Gasteiger partial charge is 0.481 e. The SMILES string of the molecule is CC(C)(C)OC(=O)N[C@@H]1[C@@H](OCc2ccccc2)[C@H](C(=O)O)C(C)(C)O[C@@H]1CO[Si](C)(C)C(C)(C)C. The number of rotatable bonds is 8. The van der Waals surface area contributed by atoms with E-state index in [0.717, 1.165) is 5.56 Å². The van der Waals surface area contributed by atoms with Crippen LogP contribution >= 0.6 is 0 Å². The molecule has 36 heavy (non-hydrogen) atoms. The van der Waals surface area contributed by atoms with Crippen LogP contribution in [0, 0.1) is 5.92 Å². The quantitative estimate of drug-likeness (QED) is 0.442. The van der Waals surface area contributed by atoms with Gasteiger partial charge in [0.2, 0.25) is 0 Å². The van der Waals surface area contributed by atoms with Gasteiger partial charge in [0.05, 0.1) is 31.0 Å². The van der Waals surface area contributed by atoms with Crippen LogP contribution in [0.3, 0.4) is 0 Å². The van der Waals surface area contributed by atoms with Crippen molar-refractivity contribution in [2.75, 3.05) is 6.61 Å². The predicted molar refractivity (Wildman–Crippen MR) is 141 cm³/mol. The molecular weight excluding hydrogens is 478 g/mol. The van der Waals surface area contributed by atoms with Gasteiger partial charge in [-0.15, -0.1) is 0 Å². The van der Waals surface area contributed by atoms with E-state index in [9.17, 15) is 14.7 Å². The minimum Gasteiger partial charge on any atom is -0.481 e. The van der Waals surface area contributed by atoms with Crippen LogP contribution in [0.25, 0.3) is 0 Å². The molecule has 1 aliphatic heterocycles. The number of aliphatic carboxylic acids is 1. The summed E-state index contributed by atoms with van der Waals surface area (Å²) in [5.74, 6) is -2.09. The summed E-state index contributed by atoms with van der Waals surface area (Å²) in [5, 5.41) is 13.0. The summed E-state index contributed by atoms with van der Waals surface area (Å²) in [6.45, 7) is 19.9. The summed E-state index contributed by atoms with van der Waals surface area (Å²) in [5.41, 5.74) is -0.893. The van der Waals surface area contributed by atoms with E-state index in [1.807, 2.05) is 30.3 Å². The Bertz CT molecular complexity index is 890. The first kappa shape index (κ1) is 30.3. The highest BCUT2D eigenvalue weighted by Crippen LogP contribution is 2.40. The highest BCUT2D eigenvalue weighted by molar-refractivity contribution is 6.74. The lowest BCUT2D eigenvalue weighted by Crippen LogP contribution is -2.68. The number of carboxylic acids is 1. The van der Waals surface area contributed by atoms with E-state index in [1.165, 1.54) is 0 Å². The zero-order valence-electron chi connectivity index (χ0n) is 23.5. The van der Waals surface area contributed by atoms with E-state index in [2.05, 4.69) is 39.2 Å². The van der Waals surface area contributed by atoms with Gasteiger partial charge in [-0.05, 0) is 58.3 Å². The van der Waals surface area contributed by atoms with Gasteiger partial charge in [-0.25, -0.2) is 4.79 Å². The summed E-state index contributed by atoms with van der Waals surface area (Å²) in [4.78, 5) is 25.3. The molecule has 204 valence electrons.